The first-order valence-corrected chi connectivity index (χ1v) is 7.53. The van der Waals surface area contributed by atoms with Crippen LogP contribution in [0.4, 0.5) is 0 Å². The average Bonchev–Trinajstić information content (AvgIpc) is 2.70. The lowest BCUT2D eigenvalue weighted by molar-refractivity contribution is 0.209. The van der Waals surface area contributed by atoms with E-state index in [1.54, 1.807) is 10.6 Å². The van der Waals surface area contributed by atoms with E-state index in [-0.39, 0.29) is 11.7 Å². The fourth-order valence-electron chi connectivity index (χ4n) is 3.05. The van der Waals surface area contributed by atoms with Crippen molar-refractivity contribution in [2.75, 3.05) is 6.54 Å². The highest BCUT2D eigenvalue weighted by molar-refractivity contribution is 5.81. The zero-order chi connectivity index (χ0) is 15.9. The molecule has 0 bridgehead atoms. The van der Waals surface area contributed by atoms with Crippen LogP contribution in [-0.4, -0.2) is 27.0 Å². The highest BCUT2D eigenvalue weighted by Gasteiger charge is 2.25. The lowest BCUT2D eigenvalue weighted by Crippen LogP contribution is -2.36. The van der Waals surface area contributed by atoms with E-state index in [2.05, 4.69) is 42.8 Å². The normalized spacial score (nSPS) is 18.0. The molecule has 2 aromatic rings. The lowest BCUT2D eigenvalue weighted by atomic mass is 10.1. The minimum absolute atomic E-state index is 0.0951. The molecule has 0 fully saturated rings. The Kier molecular flexibility index (Phi) is 3.63. The van der Waals surface area contributed by atoms with Crippen LogP contribution in [0.25, 0.3) is 11.0 Å². The number of H-pyrrole nitrogens is 1. The van der Waals surface area contributed by atoms with Gasteiger partial charge in [0, 0.05) is 31.2 Å². The van der Waals surface area contributed by atoms with Crippen LogP contribution in [0.15, 0.2) is 28.6 Å². The molecule has 3 rings (SSSR count). The lowest BCUT2D eigenvalue weighted by Gasteiger charge is -2.26. The second kappa shape index (κ2) is 5.47. The molecule has 5 heteroatoms. The van der Waals surface area contributed by atoms with Gasteiger partial charge in [-0.05, 0) is 32.9 Å². The predicted molar refractivity (Wildman–Crippen MR) is 86.6 cm³/mol. The van der Waals surface area contributed by atoms with Crippen LogP contribution < -0.4 is 5.69 Å². The van der Waals surface area contributed by atoms with Crippen molar-refractivity contribution in [3.8, 4) is 6.07 Å². The molecular weight excluding hydrogens is 276 g/mol. The number of nitriles is 1. The molecule has 1 aromatic carbocycles. The van der Waals surface area contributed by atoms with Crippen LogP contribution in [0.5, 0.6) is 0 Å². The summed E-state index contributed by atoms with van der Waals surface area (Å²) in [5.74, 6) is 0. The standard InChI is InChI=1S/C17H20N4O/c1-11(2)6-7-20-10-14-13(8-18)4-5-15-16(14)21(9-12(20)3)17(22)19-15/h4-6,12H,7,9-10H2,1-3H3,(H,19,22). The molecule has 0 radical (unpaired) electrons. The molecule has 1 N–H and O–H groups in total. The maximum Gasteiger partial charge on any atom is 0.326 e. The quantitative estimate of drug-likeness (QED) is 0.865. The molecule has 1 unspecified atom stereocenters. The molecule has 0 saturated carbocycles. The van der Waals surface area contributed by atoms with Gasteiger partial charge in [-0.25, -0.2) is 4.79 Å². The van der Waals surface area contributed by atoms with E-state index in [0.29, 0.717) is 18.7 Å². The Morgan fingerprint density at radius 1 is 1.50 bits per heavy atom. The number of nitrogens with zero attached hydrogens (tertiary/aromatic N) is 3. The fraction of sp³-hybridized carbons (Fsp3) is 0.412. The highest BCUT2D eigenvalue weighted by Crippen LogP contribution is 2.26. The van der Waals surface area contributed by atoms with Crippen LogP contribution in [0.1, 0.15) is 31.9 Å². The summed E-state index contributed by atoms with van der Waals surface area (Å²) in [6, 6.07) is 6.12. The van der Waals surface area contributed by atoms with Gasteiger partial charge in [-0.15, -0.1) is 0 Å². The Morgan fingerprint density at radius 3 is 2.95 bits per heavy atom. The minimum atomic E-state index is -0.0951. The van der Waals surface area contributed by atoms with E-state index in [4.69, 9.17) is 0 Å². The summed E-state index contributed by atoms with van der Waals surface area (Å²) in [5.41, 5.74) is 4.47. The van der Waals surface area contributed by atoms with E-state index >= 15 is 0 Å². The van der Waals surface area contributed by atoms with Gasteiger partial charge in [0.1, 0.15) is 0 Å². The summed E-state index contributed by atoms with van der Waals surface area (Å²) < 4.78 is 1.78. The van der Waals surface area contributed by atoms with Crippen molar-refractivity contribution < 1.29 is 0 Å². The van der Waals surface area contributed by atoms with Gasteiger partial charge in [-0.3, -0.25) is 9.47 Å². The molecule has 1 aromatic heterocycles. The SMILES string of the molecule is CC(C)=CCN1Cc2c(C#N)ccc3[nH]c(=O)n(c23)CC1C. The summed E-state index contributed by atoms with van der Waals surface area (Å²) >= 11 is 0. The number of aromatic nitrogens is 2. The summed E-state index contributed by atoms with van der Waals surface area (Å²) in [5, 5.41) is 9.41. The zero-order valence-electron chi connectivity index (χ0n) is 13.2. The molecule has 1 aliphatic heterocycles. The van der Waals surface area contributed by atoms with Gasteiger partial charge in [0.25, 0.3) is 0 Å². The van der Waals surface area contributed by atoms with Gasteiger partial charge >= 0.3 is 5.69 Å². The van der Waals surface area contributed by atoms with Crippen molar-refractivity contribution in [3.05, 3.63) is 45.4 Å². The number of hydrogen-bond donors (Lipinski definition) is 1. The average molecular weight is 296 g/mol. The van der Waals surface area contributed by atoms with Gasteiger partial charge in [0.05, 0.1) is 22.7 Å². The van der Waals surface area contributed by atoms with Gasteiger partial charge in [-0.2, -0.15) is 5.26 Å². The Labute approximate surface area is 129 Å². The molecule has 1 atom stereocenters. The molecular formula is C17H20N4O. The van der Waals surface area contributed by atoms with E-state index in [1.165, 1.54) is 5.57 Å². The molecule has 0 spiro atoms. The third-order valence-corrected chi connectivity index (χ3v) is 4.33. The third kappa shape index (κ3) is 2.36. The van der Waals surface area contributed by atoms with E-state index in [1.807, 2.05) is 6.07 Å². The number of imidazole rings is 1. The minimum Gasteiger partial charge on any atom is -0.306 e. The van der Waals surface area contributed by atoms with Crippen molar-refractivity contribution in [1.29, 1.82) is 5.26 Å². The Hall–Kier alpha value is -2.32. The number of hydrogen-bond acceptors (Lipinski definition) is 3. The Balaban J connectivity index is 2.16. The topological polar surface area (TPSA) is 64.8 Å². The van der Waals surface area contributed by atoms with Crippen LogP contribution in [0.3, 0.4) is 0 Å². The highest BCUT2D eigenvalue weighted by atomic mass is 16.1. The third-order valence-electron chi connectivity index (χ3n) is 4.33. The Morgan fingerprint density at radius 2 is 2.27 bits per heavy atom. The second-order valence-corrected chi connectivity index (χ2v) is 6.20. The van der Waals surface area contributed by atoms with Crippen LogP contribution in [0.2, 0.25) is 0 Å². The summed E-state index contributed by atoms with van der Waals surface area (Å²) in [6.07, 6.45) is 2.19. The van der Waals surface area contributed by atoms with Crippen LogP contribution in [-0.2, 0) is 13.1 Å². The summed E-state index contributed by atoms with van der Waals surface area (Å²) in [6.45, 7) is 8.44. The first-order chi connectivity index (χ1) is 10.5. The number of nitrogens with one attached hydrogen (secondary N) is 1. The maximum atomic E-state index is 12.2. The maximum absolute atomic E-state index is 12.2. The molecule has 2 heterocycles. The summed E-state index contributed by atoms with van der Waals surface area (Å²) in [7, 11) is 0. The molecule has 22 heavy (non-hydrogen) atoms. The van der Waals surface area contributed by atoms with Crippen LogP contribution >= 0.6 is 0 Å². The smallest absolute Gasteiger partial charge is 0.306 e. The molecule has 114 valence electrons. The fourth-order valence-corrected chi connectivity index (χ4v) is 3.05. The molecule has 0 aliphatic carbocycles. The zero-order valence-corrected chi connectivity index (χ0v) is 13.2. The van der Waals surface area contributed by atoms with E-state index in [9.17, 15) is 10.1 Å². The van der Waals surface area contributed by atoms with Gasteiger partial charge < -0.3 is 4.98 Å². The number of aromatic amines is 1. The first-order valence-electron chi connectivity index (χ1n) is 7.53. The van der Waals surface area contributed by atoms with Gasteiger partial charge in [-0.1, -0.05) is 11.6 Å². The first kappa shape index (κ1) is 14.6. The monoisotopic (exact) mass is 296 g/mol. The molecule has 5 nitrogen and oxygen atoms in total. The van der Waals surface area contributed by atoms with Crippen molar-refractivity contribution in [3.63, 3.8) is 0 Å². The molecule has 0 saturated heterocycles. The summed E-state index contributed by atoms with van der Waals surface area (Å²) in [4.78, 5) is 17.4. The van der Waals surface area contributed by atoms with E-state index < -0.39 is 0 Å². The number of benzene rings is 1. The molecule has 0 amide bonds. The Bertz CT molecular complexity index is 846. The van der Waals surface area contributed by atoms with Crippen molar-refractivity contribution in [1.82, 2.24) is 14.5 Å². The predicted octanol–water partition coefficient (Wildman–Crippen LogP) is 2.37. The number of allylic oxidation sites excluding steroid dienone is 1. The molecule has 1 aliphatic rings. The van der Waals surface area contributed by atoms with Crippen molar-refractivity contribution in [2.45, 2.75) is 39.9 Å². The van der Waals surface area contributed by atoms with Gasteiger partial charge in [0.2, 0.25) is 0 Å². The van der Waals surface area contributed by atoms with Crippen molar-refractivity contribution in [2.24, 2.45) is 0 Å². The number of rotatable bonds is 2. The van der Waals surface area contributed by atoms with Crippen LogP contribution in [0, 0.1) is 11.3 Å². The van der Waals surface area contributed by atoms with Gasteiger partial charge in [0.15, 0.2) is 0 Å². The van der Waals surface area contributed by atoms with Crippen molar-refractivity contribution >= 4 is 11.0 Å². The second-order valence-electron chi connectivity index (χ2n) is 6.20. The van der Waals surface area contributed by atoms with E-state index in [0.717, 1.165) is 23.1 Å². The largest absolute Gasteiger partial charge is 0.326 e.